The van der Waals surface area contributed by atoms with Crippen LogP contribution >= 0.6 is 0 Å². The van der Waals surface area contributed by atoms with Crippen molar-refractivity contribution in [3.8, 4) is 0 Å². The van der Waals surface area contributed by atoms with E-state index in [1.54, 1.807) is 0 Å². The summed E-state index contributed by atoms with van der Waals surface area (Å²) in [6.07, 6.45) is 3.10. The number of amides is 1. The molecule has 0 aliphatic heterocycles. The summed E-state index contributed by atoms with van der Waals surface area (Å²) in [5.41, 5.74) is 4.96. The van der Waals surface area contributed by atoms with Crippen molar-refractivity contribution in [2.45, 2.75) is 39.8 Å². The van der Waals surface area contributed by atoms with E-state index in [0.717, 1.165) is 40.9 Å². The van der Waals surface area contributed by atoms with Crippen LogP contribution in [-0.2, 0) is 24.3 Å². The number of carbonyl (C=O) groups is 1. The lowest BCUT2D eigenvalue weighted by Gasteiger charge is -2.08. The molecule has 0 saturated heterocycles. The first-order chi connectivity index (χ1) is 14.1. The van der Waals surface area contributed by atoms with E-state index in [2.05, 4.69) is 27.6 Å². The number of anilines is 1. The molecule has 1 amide bonds. The Bertz CT molecular complexity index is 1130. The highest BCUT2D eigenvalue weighted by Crippen LogP contribution is 2.20. The van der Waals surface area contributed by atoms with Gasteiger partial charge in [-0.1, -0.05) is 48.5 Å². The van der Waals surface area contributed by atoms with Gasteiger partial charge in [0.05, 0.1) is 35.3 Å². The van der Waals surface area contributed by atoms with Crippen molar-refractivity contribution in [2.24, 2.45) is 0 Å². The molecule has 0 fully saturated rings. The molecule has 2 aromatic carbocycles. The van der Waals surface area contributed by atoms with E-state index >= 15 is 0 Å². The normalized spacial score (nSPS) is 11.1. The number of nitrogens with zero attached hydrogens (tertiary/aromatic N) is 4. The summed E-state index contributed by atoms with van der Waals surface area (Å²) < 4.78 is 3.84. The summed E-state index contributed by atoms with van der Waals surface area (Å²) >= 11 is 0. The van der Waals surface area contributed by atoms with E-state index in [1.807, 2.05) is 71.9 Å². The van der Waals surface area contributed by atoms with Crippen molar-refractivity contribution in [3.05, 3.63) is 77.7 Å². The molecule has 0 bridgehead atoms. The van der Waals surface area contributed by atoms with Gasteiger partial charge in [0.2, 0.25) is 5.91 Å². The second-order valence-corrected chi connectivity index (χ2v) is 7.23. The third-order valence-electron chi connectivity index (χ3n) is 5.20. The molecular formula is C23H25N5O. The van der Waals surface area contributed by atoms with E-state index in [0.29, 0.717) is 13.0 Å². The average molecular weight is 387 g/mol. The van der Waals surface area contributed by atoms with Crippen LogP contribution in [0.1, 0.15) is 23.4 Å². The van der Waals surface area contributed by atoms with E-state index in [9.17, 15) is 4.79 Å². The van der Waals surface area contributed by atoms with Crippen LogP contribution in [0.5, 0.6) is 0 Å². The van der Waals surface area contributed by atoms with Gasteiger partial charge in [-0.2, -0.15) is 10.2 Å². The largest absolute Gasteiger partial charge is 0.323 e. The van der Waals surface area contributed by atoms with Crippen LogP contribution in [0.3, 0.4) is 0 Å². The van der Waals surface area contributed by atoms with Crippen molar-refractivity contribution >= 4 is 22.5 Å². The number of carbonyl (C=O) groups excluding carboxylic acids is 1. The molecule has 1 N–H and O–H groups in total. The third kappa shape index (κ3) is 4.21. The van der Waals surface area contributed by atoms with Gasteiger partial charge < -0.3 is 5.32 Å². The Morgan fingerprint density at radius 2 is 1.72 bits per heavy atom. The van der Waals surface area contributed by atoms with Gasteiger partial charge in [0.15, 0.2) is 0 Å². The van der Waals surface area contributed by atoms with Crippen LogP contribution in [0.15, 0.2) is 60.8 Å². The molecule has 0 spiro atoms. The highest BCUT2D eigenvalue weighted by atomic mass is 16.1. The summed E-state index contributed by atoms with van der Waals surface area (Å²) in [4.78, 5) is 12.5. The summed E-state index contributed by atoms with van der Waals surface area (Å²) in [6.45, 7) is 5.26. The number of fused-ring (bicyclic) bond motifs is 1. The zero-order valence-electron chi connectivity index (χ0n) is 16.8. The summed E-state index contributed by atoms with van der Waals surface area (Å²) in [5.74, 6) is -0.0293. The first-order valence-corrected chi connectivity index (χ1v) is 9.90. The minimum absolute atomic E-state index is 0.0293. The van der Waals surface area contributed by atoms with Crippen LogP contribution < -0.4 is 5.32 Å². The second-order valence-electron chi connectivity index (χ2n) is 7.23. The van der Waals surface area contributed by atoms with Gasteiger partial charge in [-0.05, 0) is 31.9 Å². The topological polar surface area (TPSA) is 64.7 Å². The molecule has 2 aromatic heterocycles. The maximum Gasteiger partial charge on any atom is 0.226 e. The lowest BCUT2D eigenvalue weighted by molar-refractivity contribution is -0.116. The Hall–Kier alpha value is -3.41. The number of aromatic nitrogens is 4. The molecule has 4 rings (SSSR count). The SMILES string of the molecule is Cc1nn(CCc2ccccc2)c(C)c1NC(=O)CCn1ncc2ccccc21. The van der Waals surface area contributed by atoms with Crippen molar-refractivity contribution < 1.29 is 4.79 Å². The standard InChI is InChI=1S/C23H25N5O/c1-17-23(18(2)27(26-17)14-12-19-8-4-3-5-9-19)25-22(29)13-15-28-21-11-7-6-10-20(21)16-24-28/h3-11,16H,12-15H2,1-2H3,(H,25,29). The summed E-state index contributed by atoms with van der Waals surface area (Å²) in [7, 11) is 0. The lowest BCUT2D eigenvalue weighted by atomic mass is 10.1. The van der Waals surface area contributed by atoms with Crippen LogP contribution in [0.4, 0.5) is 5.69 Å². The first kappa shape index (κ1) is 18.9. The predicted molar refractivity (Wildman–Crippen MR) is 115 cm³/mol. The molecule has 0 aliphatic rings. The summed E-state index contributed by atoms with van der Waals surface area (Å²) in [5, 5.41) is 13.1. The molecule has 6 nitrogen and oxygen atoms in total. The maximum absolute atomic E-state index is 12.5. The molecule has 148 valence electrons. The Kier molecular flexibility index (Phi) is 5.42. The molecule has 2 heterocycles. The van der Waals surface area contributed by atoms with E-state index in [1.165, 1.54) is 5.56 Å². The fraction of sp³-hybridized carbons (Fsp3) is 0.261. The van der Waals surface area contributed by atoms with Crippen LogP contribution in [0, 0.1) is 13.8 Å². The Morgan fingerprint density at radius 3 is 2.55 bits per heavy atom. The van der Waals surface area contributed by atoms with Gasteiger partial charge in [0, 0.05) is 18.4 Å². The summed E-state index contributed by atoms with van der Waals surface area (Å²) in [6, 6.07) is 18.4. The van der Waals surface area contributed by atoms with Crippen LogP contribution in [0.25, 0.3) is 10.9 Å². The number of benzene rings is 2. The number of nitrogens with one attached hydrogen (secondary N) is 1. The lowest BCUT2D eigenvalue weighted by Crippen LogP contribution is -2.16. The number of hydrogen-bond acceptors (Lipinski definition) is 3. The van der Waals surface area contributed by atoms with Crippen LogP contribution in [0.2, 0.25) is 0 Å². The fourth-order valence-electron chi connectivity index (χ4n) is 3.59. The highest BCUT2D eigenvalue weighted by Gasteiger charge is 2.14. The van der Waals surface area contributed by atoms with Gasteiger partial charge in [-0.25, -0.2) is 0 Å². The average Bonchev–Trinajstić information content (AvgIpc) is 3.27. The zero-order valence-corrected chi connectivity index (χ0v) is 16.8. The highest BCUT2D eigenvalue weighted by molar-refractivity contribution is 5.92. The van der Waals surface area contributed by atoms with E-state index in [-0.39, 0.29) is 5.91 Å². The smallest absolute Gasteiger partial charge is 0.226 e. The monoisotopic (exact) mass is 387 g/mol. The zero-order chi connectivity index (χ0) is 20.2. The molecule has 0 saturated carbocycles. The molecule has 4 aromatic rings. The minimum atomic E-state index is -0.0293. The number of rotatable bonds is 7. The predicted octanol–water partition coefficient (Wildman–Crippen LogP) is 4.12. The van der Waals surface area contributed by atoms with Gasteiger partial charge >= 0.3 is 0 Å². The Labute approximate surface area is 170 Å². The van der Waals surface area contributed by atoms with Gasteiger partial charge in [-0.3, -0.25) is 14.2 Å². The third-order valence-corrected chi connectivity index (χ3v) is 5.20. The van der Waals surface area contributed by atoms with Crippen molar-refractivity contribution in [1.29, 1.82) is 0 Å². The molecule has 0 unspecified atom stereocenters. The van der Waals surface area contributed by atoms with Crippen LogP contribution in [-0.4, -0.2) is 25.5 Å². The first-order valence-electron chi connectivity index (χ1n) is 9.90. The van der Waals surface area contributed by atoms with Gasteiger partial charge in [0.25, 0.3) is 0 Å². The Morgan fingerprint density at radius 1 is 0.966 bits per heavy atom. The van der Waals surface area contributed by atoms with E-state index in [4.69, 9.17) is 0 Å². The number of aryl methyl sites for hydroxylation is 4. The molecule has 0 aliphatic carbocycles. The minimum Gasteiger partial charge on any atom is -0.323 e. The number of hydrogen-bond donors (Lipinski definition) is 1. The van der Waals surface area contributed by atoms with Crippen molar-refractivity contribution in [2.75, 3.05) is 5.32 Å². The molecule has 6 heteroatoms. The second kappa shape index (κ2) is 8.31. The van der Waals surface area contributed by atoms with Gasteiger partial charge in [-0.15, -0.1) is 0 Å². The van der Waals surface area contributed by atoms with Crippen molar-refractivity contribution in [1.82, 2.24) is 19.6 Å². The van der Waals surface area contributed by atoms with Crippen molar-refractivity contribution in [3.63, 3.8) is 0 Å². The molecule has 29 heavy (non-hydrogen) atoms. The molecule has 0 radical (unpaired) electrons. The Balaban J connectivity index is 1.38. The molecular weight excluding hydrogens is 362 g/mol. The van der Waals surface area contributed by atoms with Gasteiger partial charge in [0.1, 0.15) is 0 Å². The molecule has 0 atom stereocenters. The number of para-hydroxylation sites is 1. The fourth-order valence-corrected chi connectivity index (χ4v) is 3.59. The van der Waals surface area contributed by atoms with E-state index < -0.39 is 0 Å². The quantitative estimate of drug-likeness (QED) is 0.519. The maximum atomic E-state index is 12.5.